The molecular formula is C18H18ClNO3S. The number of hydrogen-bond acceptors (Lipinski definition) is 4. The molecule has 0 saturated carbocycles. The third-order valence-corrected chi connectivity index (χ3v) is 4.37. The van der Waals surface area contributed by atoms with Crippen LogP contribution in [-0.4, -0.2) is 23.7 Å². The topological polar surface area (TPSA) is 55.4 Å². The normalized spacial score (nSPS) is 11.6. The lowest BCUT2D eigenvalue weighted by molar-refractivity contribution is -0.152. The molecule has 4 nitrogen and oxygen atoms in total. The van der Waals surface area contributed by atoms with Gasteiger partial charge in [0.2, 0.25) is 0 Å². The molecule has 0 bridgehead atoms. The number of ether oxygens (including phenoxy) is 1. The van der Waals surface area contributed by atoms with Crippen LogP contribution in [-0.2, 0) is 14.3 Å². The van der Waals surface area contributed by atoms with Crippen LogP contribution in [0.25, 0.3) is 0 Å². The molecular weight excluding hydrogens is 346 g/mol. The average molecular weight is 364 g/mol. The van der Waals surface area contributed by atoms with E-state index in [4.69, 9.17) is 16.3 Å². The molecule has 0 spiro atoms. The molecule has 0 fully saturated rings. The fourth-order valence-electron chi connectivity index (χ4n) is 1.86. The Hall–Kier alpha value is -1.98. The first-order chi connectivity index (χ1) is 11.5. The Labute approximate surface area is 150 Å². The van der Waals surface area contributed by atoms with Crippen molar-refractivity contribution in [1.29, 1.82) is 0 Å². The van der Waals surface area contributed by atoms with E-state index in [1.807, 2.05) is 30.3 Å². The summed E-state index contributed by atoms with van der Waals surface area (Å²) in [5, 5.41) is 3.38. The van der Waals surface area contributed by atoms with E-state index in [1.54, 1.807) is 31.2 Å². The summed E-state index contributed by atoms with van der Waals surface area (Å²) < 4.78 is 5.16. The second-order valence-corrected chi connectivity index (χ2v) is 6.64. The fourth-order valence-corrected chi connectivity index (χ4v) is 2.82. The van der Waals surface area contributed by atoms with Crippen molar-refractivity contribution >= 4 is 40.9 Å². The first-order valence-electron chi connectivity index (χ1n) is 7.48. The summed E-state index contributed by atoms with van der Waals surface area (Å²) in [4.78, 5) is 24.8. The van der Waals surface area contributed by atoms with Crippen LogP contribution < -0.4 is 5.32 Å². The molecule has 0 saturated heterocycles. The number of carbonyl (C=O) groups is 2. The van der Waals surface area contributed by atoms with E-state index in [-0.39, 0.29) is 12.3 Å². The number of thioether (sulfide) groups is 1. The van der Waals surface area contributed by atoms with Gasteiger partial charge in [0, 0.05) is 21.4 Å². The summed E-state index contributed by atoms with van der Waals surface area (Å²) in [6, 6.07) is 16.4. The maximum Gasteiger partial charge on any atom is 0.307 e. The van der Waals surface area contributed by atoms with E-state index in [0.717, 1.165) is 4.90 Å². The van der Waals surface area contributed by atoms with Gasteiger partial charge in [0.05, 0.1) is 6.42 Å². The van der Waals surface area contributed by atoms with Crippen LogP contribution in [0.15, 0.2) is 59.5 Å². The van der Waals surface area contributed by atoms with Crippen molar-refractivity contribution < 1.29 is 14.3 Å². The van der Waals surface area contributed by atoms with Gasteiger partial charge in [0.15, 0.2) is 6.10 Å². The quantitative estimate of drug-likeness (QED) is 0.585. The Morgan fingerprint density at radius 2 is 1.79 bits per heavy atom. The van der Waals surface area contributed by atoms with E-state index in [2.05, 4.69) is 5.32 Å². The second kappa shape index (κ2) is 9.35. The predicted octanol–water partition coefficient (Wildman–Crippen LogP) is 4.39. The zero-order valence-electron chi connectivity index (χ0n) is 13.2. The molecule has 24 heavy (non-hydrogen) atoms. The summed E-state index contributed by atoms with van der Waals surface area (Å²) in [6.07, 6.45) is -0.603. The second-order valence-electron chi connectivity index (χ2n) is 5.04. The van der Waals surface area contributed by atoms with Crippen LogP contribution in [0.3, 0.4) is 0 Å². The summed E-state index contributed by atoms with van der Waals surface area (Å²) in [5.41, 5.74) is 0.670. The van der Waals surface area contributed by atoms with Gasteiger partial charge in [0.25, 0.3) is 5.91 Å². The van der Waals surface area contributed by atoms with Crippen molar-refractivity contribution in [2.24, 2.45) is 0 Å². The number of anilines is 1. The lowest BCUT2D eigenvalue weighted by Gasteiger charge is -2.13. The predicted molar refractivity (Wildman–Crippen MR) is 97.4 cm³/mol. The van der Waals surface area contributed by atoms with Crippen molar-refractivity contribution in [3.8, 4) is 0 Å². The number of hydrogen-bond donors (Lipinski definition) is 1. The molecule has 0 unspecified atom stereocenters. The van der Waals surface area contributed by atoms with Gasteiger partial charge < -0.3 is 10.1 Å². The fraction of sp³-hybridized carbons (Fsp3) is 0.222. The minimum atomic E-state index is -0.835. The summed E-state index contributed by atoms with van der Waals surface area (Å²) in [5.74, 6) is -0.167. The highest BCUT2D eigenvalue weighted by molar-refractivity contribution is 7.99. The number of benzene rings is 2. The molecule has 2 rings (SSSR count). The molecule has 0 heterocycles. The Morgan fingerprint density at radius 3 is 2.46 bits per heavy atom. The molecule has 1 atom stereocenters. The van der Waals surface area contributed by atoms with Crippen LogP contribution in [0.1, 0.15) is 13.3 Å². The third kappa shape index (κ3) is 6.26. The van der Waals surface area contributed by atoms with Crippen LogP contribution in [0, 0.1) is 0 Å². The molecule has 0 aliphatic rings. The molecule has 2 aromatic carbocycles. The van der Waals surface area contributed by atoms with Gasteiger partial charge in [-0.2, -0.15) is 0 Å². The first-order valence-corrected chi connectivity index (χ1v) is 8.85. The van der Waals surface area contributed by atoms with Crippen molar-refractivity contribution in [3.63, 3.8) is 0 Å². The van der Waals surface area contributed by atoms with E-state index in [1.165, 1.54) is 11.8 Å². The highest BCUT2D eigenvalue weighted by Gasteiger charge is 2.17. The Kier molecular flexibility index (Phi) is 7.15. The molecule has 1 N–H and O–H groups in total. The molecule has 0 aliphatic carbocycles. The van der Waals surface area contributed by atoms with Gasteiger partial charge in [-0.05, 0) is 43.3 Å². The Bertz CT molecular complexity index is 676. The first kappa shape index (κ1) is 18.4. The van der Waals surface area contributed by atoms with Gasteiger partial charge >= 0.3 is 5.97 Å². The minimum absolute atomic E-state index is 0.232. The van der Waals surface area contributed by atoms with Gasteiger partial charge in [-0.1, -0.05) is 29.8 Å². The zero-order chi connectivity index (χ0) is 17.4. The van der Waals surface area contributed by atoms with Crippen LogP contribution in [0.2, 0.25) is 5.02 Å². The lowest BCUT2D eigenvalue weighted by Crippen LogP contribution is -2.30. The van der Waals surface area contributed by atoms with Gasteiger partial charge in [0.1, 0.15) is 0 Å². The van der Waals surface area contributed by atoms with Gasteiger partial charge in [-0.25, -0.2) is 0 Å². The van der Waals surface area contributed by atoms with Crippen molar-refractivity contribution in [2.45, 2.75) is 24.3 Å². The monoisotopic (exact) mass is 363 g/mol. The number of halogens is 1. The maximum absolute atomic E-state index is 12.0. The smallest absolute Gasteiger partial charge is 0.307 e. The van der Waals surface area contributed by atoms with Crippen molar-refractivity contribution in [1.82, 2.24) is 0 Å². The van der Waals surface area contributed by atoms with Gasteiger partial charge in [-0.15, -0.1) is 11.8 Å². The Balaban J connectivity index is 1.71. The van der Waals surface area contributed by atoms with Crippen molar-refractivity contribution in [3.05, 3.63) is 59.6 Å². The number of esters is 1. The number of para-hydroxylation sites is 1. The largest absolute Gasteiger partial charge is 0.453 e. The highest BCUT2D eigenvalue weighted by atomic mass is 35.5. The number of nitrogens with one attached hydrogen (secondary N) is 1. The van der Waals surface area contributed by atoms with Crippen molar-refractivity contribution in [2.75, 3.05) is 11.1 Å². The summed E-state index contributed by atoms with van der Waals surface area (Å²) in [6.45, 7) is 1.56. The van der Waals surface area contributed by atoms with E-state index >= 15 is 0 Å². The molecule has 0 aliphatic heterocycles. The average Bonchev–Trinajstić information content (AvgIpc) is 2.57. The zero-order valence-corrected chi connectivity index (χ0v) is 14.8. The third-order valence-electron chi connectivity index (χ3n) is 3.11. The van der Waals surface area contributed by atoms with Gasteiger partial charge in [-0.3, -0.25) is 9.59 Å². The standard InChI is InChI=1S/C18H18ClNO3S/c1-13(18(22)20-15-5-3-2-4-6-15)23-17(21)11-12-24-16-9-7-14(19)8-10-16/h2-10,13H,11-12H2,1H3,(H,20,22)/t13-/m0/s1. The van der Waals surface area contributed by atoms with Crippen LogP contribution in [0.5, 0.6) is 0 Å². The molecule has 2 aromatic rings. The maximum atomic E-state index is 12.0. The number of amides is 1. The van der Waals surface area contributed by atoms with E-state index in [9.17, 15) is 9.59 Å². The highest BCUT2D eigenvalue weighted by Crippen LogP contribution is 2.21. The SMILES string of the molecule is C[C@H](OC(=O)CCSc1ccc(Cl)cc1)C(=O)Nc1ccccc1. The molecule has 0 aromatic heterocycles. The lowest BCUT2D eigenvalue weighted by atomic mass is 10.3. The summed E-state index contributed by atoms with van der Waals surface area (Å²) in [7, 11) is 0. The summed E-state index contributed by atoms with van der Waals surface area (Å²) >= 11 is 7.36. The molecule has 0 radical (unpaired) electrons. The molecule has 1 amide bonds. The minimum Gasteiger partial charge on any atom is -0.453 e. The van der Waals surface area contributed by atoms with Crippen LogP contribution in [0.4, 0.5) is 5.69 Å². The number of rotatable bonds is 7. The Morgan fingerprint density at radius 1 is 1.12 bits per heavy atom. The molecule has 126 valence electrons. The molecule has 6 heteroatoms. The van der Waals surface area contributed by atoms with E-state index in [0.29, 0.717) is 16.5 Å². The number of carbonyl (C=O) groups excluding carboxylic acids is 2. The van der Waals surface area contributed by atoms with E-state index < -0.39 is 12.1 Å². The van der Waals surface area contributed by atoms with Crippen LogP contribution >= 0.6 is 23.4 Å².